The maximum atomic E-state index is 2.71. The normalized spacial score (nSPS) is 21.2. The minimum absolute atomic E-state index is 0.0329. The molecule has 1 heterocycles. The number of allylic oxidation sites excluding steroid dienone is 1. The summed E-state index contributed by atoms with van der Waals surface area (Å²) in [7, 11) is -0.0329. The monoisotopic (exact) mass is 183 g/mol. The molecule has 0 N–H and O–H groups in total. The second-order valence-corrected chi connectivity index (χ2v) is 5.66. The van der Waals surface area contributed by atoms with E-state index >= 15 is 0 Å². The molecule has 1 rings (SSSR count). The molecule has 0 aliphatic carbocycles. The van der Waals surface area contributed by atoms with Gasteiger partial charge >= 0.3 is 0 Å². The van der Waals surface area contributed by atoms with E-state index in [0.717, 1.165) is 0 Å². The molecule has 12 heavy (non-hydrogen) atoms. The minimum atomic E-state index is -0.0329. The van der Waals surface area contributed by atoms with Crippen LogP contribution in [-0.2, 0) is 0 Å². The zero-order valence-electron chi connectivity index (χ0n) is 8.47. The van der Waals surface area contributed by atoms with Crippen LogP contribution in [0.5, 0.6) is 0 Å². The van der Waals surface area contributed by atoms with Crippen molar-refractivity contribution >= 4 is 9.68 Å². The lowest BCUT2D eigenvalue weighted by Crippen LogP contribution is -2.27. The van der Waals surface area contributed by atoms with E-state index in [1.54, 1.807) is 0 Å². The highest BCUT2D eigenvalue weighted by Crippen LogP contribution is 2.08. The molecule has 0 saturated carbocycles. The second-order valence-electron chi connectivity index (χ2n) is 4.00. The van der Waals surface area contributed by atoms with Crippen LogP contribution in [-0.4, -0.2) is 27.3 Å². The quantitative estimate of drug-likeness (QED) is 0.591. The van der Waals surface area contributed by atoms with Gasteiger partial charge in [0, 0.05) is 0 Å². The first-order valence-corrected chi connectivity index (χ1v) is 6.59. The lowest BCUT2D eigenvalue weighted by Gasteiger charge is -2.17. The Hall–Kier alpha value is -0.0831. The van der Waals surface area contributed by atoms with Gasteiger partial charge in [-0.15, -0.1) is 0 Å². The van der Waals surface area contributed by atoms with Gasteiger partial charge < -0.3 is 4.57 Å². The molecule has 1 nitrogen and oxygen atoms in total. The molecule has 0 bridgehead atoms. The Morgan fingerprint density at radius 3 is 2.17 bits per heavy atom. The van der Waals surface area contributed by atoms with E-state index in [1.165, 1.54) is 44.3 Å². The van der Waals surface area contributed by atoms with Crippen LogP contribution < -0.4 is 0 Å². The molecule has 0 aromatic rings. The first-order chi connectivity index (χ1) is 5.79. The van der Waals surface area contributed by atoms with Crippen molar-refractivity contribution in [1.82, 2.24) is 4.57 Å². The summed E-state index contributed by atoms with van der Waals surface area (Å²) in [6, 6.07) is 0. The summed E-state index contributed by atoms with van der Waals surface area (Å²) in [5, 5.41) is 0. The summed E-state index contributed by atoms with van der Waals surface area (Å²) in [6.45, 7) is 7.17. The third-order valence-corrected chi connectivity index (χ3v) is 4.60. The fraction of sp³-hybridized carbons (Fsp3) is 0.800. The summed E-state index contributed by atoms with van der Waals surface area (Å²) < 4.78 is 2.71. The van der Waals surface area contributed by atoms with E-state index in [2.05, 4.69) is 24.1 Å². The Morgan fingerprint density at radius 2 is 1.67 bits per heavy atom. The molecule has 2 heteroatoms. The molecule has 70 valence electrons. The maximum absolute atomic E-state index is 2.71. The molecule has 0 spiro atoms. The molecule has 0 unspecified atom stereocenters. The summed E-state index contributed by atoms with van der Waals surface area (Å²) >= 11 is 0. The molecular formula is C10H21NSi. The Balaban J connectivity index is 2.25. The Morgan fingerprint density at radius 1 is 1.08 bits per heavy atom. The average molecular weight is 183 g/mol. The molecule has 1 saturated heterocycles. The molecule has 0 radical (unpaired) electrons. The van der Waals surface area contributed by atoms with Crippen LogP contribution in [0.25, 0.3) is 0 Å². The Labute approximate surface area is 78.7 Å². The number of hydrogen-bond donors (Lipinski definition) is 0. The first-order valence-electron chi connectivity index (χ1n) is 5.15. The van der Waals surface area contributed by atoms with Gasteiger partial charge in [-0.05, 0) is 39.8 Å². The lowest BCUT2D eigenvalue weighted by atomic mass is 10.2. The van der Waals surface area contributed by atoms with E-state index in [4.69, 9.17) is 0 Å². The molecule has 0 aromatic heterocycles. The van der Waals surface area contributed by atoms with Crippen molar-refractivity contribution in [2.45, 2.75) is 39.5 Å². The smallest absolute Gasteiger partial charge is 0.119 e. The van der Waals surface area contributed by atoms with Crippen molar-refractivity contribution in [3.05, 3.63) is 11.3 Å². The third-order valence-electron chi connectivity index (χ3n) is 2.46. The van der Waals surface area contributed by atoms with Crippen LogP contribution in [0.3, 0.4) is 0 Å². The molecule has 1 fully saturated rings. The minimum Gasteiger partial charge on any atom is -0.325 e. The Bertz CT molecular complexity index is 142. The summed E-state index contributed by atoms with van der Waals surface area (Å²) in [5.41, 5.74) is 3.98. The summed E-state index contributed by atoms with van der Waals surface area (Å²) in [4.78, 5) is 0. The van der Waals surface area contributed by atoms with Crippen LogP contribution >= 0.6 is 0 Å². The van der Waals surface area contributed by atoms with Crippen LogP contribution in [0, 0.1) is 0 Å². The van der Waals surface area contributed by atoms with Crippen LogP contribution in [0.1, 0.15) is 39.5 Å². The van der Waals surface area contributed by atoms with Crippen LogP contribution in [0.4, 0.5) is 0 Å². The molecule has 1 aliphatic rings. The van der Waals surface area contributed by atoms with Gasteiger partial charge in [-0.3, -0.25) is 0 Å². The average Bonchev–Trinajstić information content (AvgIpc) is 2.28. The van der Waals surface area contributed by atoms with E-state index in [9.17, 15) is 0 Å². The predicted molar refractivity (Wildman–Crippen MR) is 58.0 cm³/mol. The summed E-state index contributed by atoms with van der Waals surface area (Å²) in [6.07, 6.45) is 5.78. The SMILES string of the molecule is CC(C)=C[SiH2]N1CCCCCC1. The fourth-order valence-corrected chi connectivity index (χ4v) is 3.07. The standard InChI is InChI=1S/C10H21NSi/c1-10(2)9-12-11-7-5-3-4-6-8-11/h9H,3-8,12H2,1-2H3. The van der Waals surface area contributed by atoms with E-state index in [-0.39, 0.29) is 9.68 Å². The highest BCUT2D eigenvalue weighted by molar-refractivity contribution is 6.38. The van der Waals surface area contributed by atoms with E-state index in [1.807, 2.05) is 0 Å². The zero-order chi connectivity index (χ0) is 8.81. The fourth-order valence-electron chi connectivity index (χ4n) is 1.63. The van der Waals surface area contributed by atoms with Gasteiger partial charge in [0.05, 0.1) is 0 Å². The number of rotatable bonds is 2. The molecule has 0 amide bonds. The van der Waals surface area contributed by atoms with Gasteiger partial charge in [0.15, 0.2) is 0 Å². The van der Waals surface area contributed by atoms with E-state index in [0.29, 0.717) is 0 Å². The second kappa shape index (κ2) is 5.54. The van der Waals surface area contributed by atoms with E-state index < -0.39 is 0 Å². The van der Waals surface area contributed by atoms with Crippen molar-refractivity contribution in [1.29, 1.82) is 0 Å². The van der Waals surface area contributed by atoms with Gasteiger partial charge in [-0.2, -0.15) is 0 Å². The third kappa shape index (κ3) is 4.07. The summed E-state index contributed by atoms with van der Waals surface area (Å²) in [5.74, 6) is 0. The highest BCUT2D eigenvalue weighted by atomic mass is 28.2. The molecule has 0 aromatic carbocycles. The van der Waals surface area contributed by atoms with Gasteiger partial charge in [0.2, 0.25) is 0 Å². The van der Waals surface area contributed by atoms with Crippen molar-refractivity contribution in [3.8, 4) is 0 Å². The van der Waals surface area contributed by atoms with Crippen molar-refractivity contribution in [2.24, 2.45) is 0 Å². The number of hydrogen-bond acceptors (Lipinski definition) is 1. The molecular weight excluding hydrogens is 162 g/mol. The van der Waals surface area contributed by atoms with Crippen LogP contribution in [0.2, 0.25) is 0 Å². The lowest BCUT2D eigenvalue weighted by molar-refractivity contribution is 0.464. The highest BCUT2D eigenvalue weighted by Gasteiger charge is 2.06. The Kier molecular flexibility index (Phi) is 4.62. The van der Waals surface area contributed by atoms with Crippen molar-refractivity contribution < 1.29 is 0 Å². The van der Waals surface area contributed by atoms with Gasteiger partial charge in [-0.25, -0.2) is 0 Å². The largest absolute Gasteiger partial charge is 0.325 e. The van der Waals surface area contributed by atoms with Crippen molar-refractivity contribution in [2.75, 3.05) is 13.1 Å². The van der Waals surface area contributed by atoms with Gasteiger partial charge in [-0.1, -0.05) is 24.1 Å². The topological polar surface area (TPSA) is 3.24 Å². The van der Waals surface area contributed by atoms with Gasteiger partial charge in [0.1, 0.15) is 9.68 Å². The number of nitrogens with zero attached hydrogens (tertiary/aromatic N) is 1. The zero-order valence-corrected chi connectivity index (χ0v) is 9.89. The van der Waals surface area contributed by atoms with Crippen molar-refractivity contribution in [3.63, 3.8) is 0 Å². The van der Waals surface area contributed by atoms with Crippen LogP contribution in [0.15, 0.2) is 11.3 Å². The maximum Gasteiger partial charge on any atom is 0.119 e. The molecule has 0 atom stereocenters. The molecule has 1 aliphatic heterocycles. The van der Waals surface area contributed by atoms with Gasteiger partial charge in [0.25, 0.3) is 0 Å². The predicted octanol–water partition coefficient (Wildman–Crippen LogP) is 1.87. The first kappa shape index (κ1) is 10.0.